The van der Waals surface area contributed by atoms with E-state index in [-0.39, 0.29) is 0 Å². The molecule has 0 aromatic heterocycles. The Hall–Kier alpha value is -2.11. The van der Waals surface area contributed by atoms with Gasteiger partial charge in [0, 0.05) is 18.3 Å². The summed E-state index contributed by atoms with van der Waals surface area (Å²) in [5.41, 5.74) is 9.61. The lowest BCUT2D eigenvalue weighted by molar-refractivity contribution is 0.152. The van der Waals surface area contributed by atoms with Crippen molar-refractivity contribution in [1.82, 2.24) is 4.90 Å². The predicted octanol–water partition coefficient (Wildman–Crippen LogP) is 4.64. The third-order valence-electron chi connectivity index (χ3n) is 4.95. The van der Waals surface area contributed by atoms with E-state index in [1.54, 1.807) is 0 Å². The van der Waals surface area contributed by atoms with Gasteiger partial charge in [-0.2, -0.15) is 5.10 Å². The van der Waals surface area contributed by atoms with E-state index >= 15 is 0 Å². The van der Waals surface area contributed by atoms with Gasteiger partial charge >= 0.3 is 0 Å². The van der Waals surface area contributed by atoms with Crippen molar-refractivity contribution >= 4 is 23.1 Å². The lowest BCUT2D eigenvalue weighted by atomic mass is 10.0. The van der Waals surface area contributed by atoms with Crippen molar-refractivity contribution < 1.29 is 0 Å². The smallest absolute Gasteiger partial charge is 0.180 e. The number of thioether (sulfide) groups is 1. The number of nitrogens with zero attached hydrogens (tertiary/aromatic N) is 3. The van der Waals surface area contributed by atoms with E-state index in [4.69, 9.17) is 5.73 Å². The molecule has 0 saturated carbocycles. The molecule has 1 unspecified atom stereocenters. The van der Waals surface area contributed by atoms with E-state index in [0.29, 0.717) is 11.2 Å². The molecule has 2 aromatic carbocycles. The van der Waals surface area contributed by atoms with E-state index in [9.17, 15) is 0 Å². The molecule has 1 heterocycles. The van der Waals surface area contributed by atoms with Crippen LogP contribution >= 0.6 is 11.8 Å². The first-order valence-electron chi connectivity index (χ1n) is 9.57. The molecule has 2 aromatic rings. The summed E-state index contributed by atoms with van der Waals surface area (Å²) in [5, 5.41) is 8.86. The van der Waals surface area contributed by atoms with Crippen LogP contribution in [0.3, 0.4) is 0 Å². The van der Waals surface area contributed by atoms with Gasteiger partial charge in [0.2, 0.25) is 0 Å². The summed E-state index contributed by atoms with van der Waals surface area (Å²) >= 11 is 1.50. The van der Waals surface area contributed by atoms with Gasteiger partial charge in [-0.15, -0.1) is 5.10 Å². The highest BCUT2D eigenvalue weighted by atomic mass is 32.2. The molecule has 1 saturated heterocycles. The lowest BCUT2D eigenvalue weighted by Gasteiger charge is -2.33. The van der Waals surface area contributed by atoms with Crippen LogP contribution in [0.5, 0.6) is 0 Å². The standard InChI is InChI=1S/C22H28N4S/c1-18-9-7-8-14-26(18)16-21-13-6-5-12-20(21)15-24-25-22(23)27-17-19-10-3-2-4-11-19/h2-6,10-13,15,18H,7-9,14,16-17H2,1H3,(H2,23,25). The van der Waals surface area contributed by atoms with Gasteiger partial charge in [-0.3, -0.25) is 4.90 Å². The minimum absolute atomic E-state index is 0.484. The summed E-state index contributed by atoms with van der Waals surface area (Å²) in [7, 11) is 0. The van der Waals surface area contributed by atoms with Crippen LogP contribution in [0.25, 0.3) is 0 Å². The van der Waals surface area contributed by atoms with Gasteiger partial charge in [-0.25, -0.2) is 0 Å². The monoisotopic (exact) mass is 380 g/mol. The third kappa shape index (κ3) is 6.22. The molecule has 2 N–H and O–H groups in total. The second kappa shape index (κ2) is 10.3. The summed E-state index contributed by atoms with van der Waals surface area (Å²) < 4.78 is 0. The largest absolute Gasteiger partial charge is 0.377 e. The topological polar surface area (TPSA) is 54.0 Å². The number of likely N-dealkylation sites (tertiary alicyclic amines) is 1. The SMILES string of the molecule is CC1CCCCN1Cc1ccccc1C=NN=C(N)SCc1ccccc1. The van der Waals surface area contributed by atoms with E-state index < -0.39 is 0 Å². The summed E-state index contributed by atoms with van der Waals surface area (Å²) in [6.07, 6.45) is 5.74. The van der Waals surface area contributed by atoms with Crippen molar-refractivity contribution in [2.75, 3.05) is 6.54 Å². The molecular formula is C22H28N4S. The number of piperidine rings is 1. The average Bonchev–Trinajstić information content (AvgIpc) is 2.70. The number of hydrogen-bond acceptors (Lipinski definition) is 4. The fraction of sp³-hybridized carbons (Fsp3) is 0.364. The van der Waals surface area contributed by atoms with Crippen LogP contribution in [0.4, 0.5) is 0 Å². The van der Waals surface area contributed by atoms with Gasteiger partial charge in [-0.1, -0.05) is 72.8 Å². The zero-order valence-electron chi connectivity index (χ0n) is 15.9. The number of benzene rings is 2. The Morgan fingerprint density at radius 2 is 1.93 bits per heavy atom. The predicted molar refractivity (Wildman–Crippen MR) is 117 cm³/mol. The van der Waals surface area contributed by atoms with Crippen LogP contribution < -0.4 is 5.73 Å². The first-order chi connectivity index (χ1) is 13.2. The van der Waals surface area contributed by atoms with Gasteiger partial charge in [0.25, 0.3) is 0 Å². The van der Waals surface area contributed by atoms with E-state index in [1.165, 1.54) is 48.7 Å². The molecule has 5 heteroatoms. The molecule has 0 bridgehead atoms. The molecule has 0 spiro atoms. The fourth-order valence-electron chi connectivity index (χ4n) is 3.32. The first-order valence-corrected chi connectivity index (χ1v) is 10.6. The molecule has 1 fully saturated rings. The summed E-state index contributed by atoms with van der Waals surface area (Å²) in [5.74, 6) is 0.801. The van der Waals surface area contributed by atoms with Crippen LogP contribution in [0.2, 0.25) is 0 Å². The number of nitrogens with two attached hydrogens (primary N) is 1. The second-order valence-electron chi connectivity index (χ2n) is 6.97. The van der Waals surface area contributed by atoms with E-state index in [2.05, 4.69) is 52.4 Å². The zero-order valence-corrected chi connectivity index (χ0v) is 16.7. The highest BCUT2D eigenvalue weighted by Gasteiger charge is 2.18. The molecular weight excluding hydrogens is 352 g/mol. The van der Waals surface area contributed by atoms with Crippen molar-refractivity contribution in [3.8, 4) is 0 Å². The van der Waals surface area contributed by atoms with Crippen LogP contribution in [-0.2, 0) is 12.3 Å². The minimum atomic E-state index is 0.484. The molecule has 1 aliphatic rings. The summed E-state index contributed by atoms with van der Waals surface area (Å²) in [4.78, 5) is 2.56. The maximum absolute atomic E-state index is 5.98. The number of hydrogen-bond donors (Lipinski definition) is 1. The highest BCUT2D eigenvalue weighted by Crippen LogP contribution is 2.20. The maximum atomic E-state index is 5.98. The first kappa shape index (κ1) is 19.6. The molecule has 3 rings (SSSR count). The van der Waals surface area contributed by atoms with Crippen LogP contribution in [0.15, 0.2) is 64.8 Å². The Labute approximate surface area is 166 Å². The Morgan fingerprint density at radius 3 is 2.74 bits per heavy atom. The molecule has 27 heavy (non-hydrogen) atoms. The van der Waals surface area contributed by atoms with Crippen molar-refractivity contribution in [2.24, 2.45) is 15.9 Å². The second-order valence-corrected chi connectivity index (χ2v) is 7.97. The Bertz CT molecular complexity index is 773. The van der Waals surface area contributed by atoms with Crippen molar-refractivity contribution in [2.45, 2.75) is 44.5 Å². The Morgan fingerprint density at radius 1 is 1.15 bits per heavy atom. The van der Waals surface area contributed by atoms with Crippen molar-refractivity contribution in [3.63, 3.8) is 0 Å². The fourth-order valence-corrected chi connectivity index (χ4v) is 3.94. The maximum Gasteiger partial charge on any atom is 0.180 e. The molecule has 0 radical (unpaired) electrons. The van der Waals surface area contributed by atoms with Gasteiger partial charge in [-0.05, 0) is 43.0 Å². The number of amidine groups is 1. The Balaban J connectivity index is 1.59. The molecule has 1 atom stereocenters. The molecule has 0 aliphatic carbocycles. The third-order valence-corrected chi connectivity index (χ3v) is 5.81. The highest BCUT2D eigenvalue weighted by molar-refractivity contribution is 8.13. The van der Waals surface area contributed by atoms with E-state index in [1.807, 2.05) is 30.5 Å². The quantitative estimate of drug-likeness (QED) is 0.451. The van der Waals surface area contributed by atoms with Crippen molar-refractivity contribution in [1.29, 1.82) is 0 Å². The molecule has 4 nitrogen and oxygen atoms in total. The van der Waals surface area contributed by atoms with Crippen molar-refractivity contribution in [3.05, 3.63) is 71.3 Å². The summed E-state index contributed by atoms with van der Waals surface area (Å²) in [6, 6.07) is 19.3. The van der Waals surface area contributed by atoms with Gasteiger partial charge in [0.1, 0.15) is 0 Å². The van der Waals surface area contributed by atoms with E-state index in [0.717, 1.165) is 17.9 Å². The van der Waals surface area contributed by atoms with Crippen LogP contribution in [0.1, 0.15) is 42.9 Å². The number of rotatable bonds is 6. The van der Waals surface area contributed by atoms with Gasteiger partial charge in [0.05, 0.1) is 6.21 Å². The minimum Gasteiger partial charge on any atom is -0.377 e. The van der Waals surface area contributed by atoms with Gasteiger partial charge < -0.3 is 5.73 Å². The molecule has 142 valence electrons. The normalized spacial score (nSPS) is 18.9. The molecule has 0 amide bonds. The van der Waals surface area contributed by atoms with Crippen LogP contribution in [-0.4, -0.2) is 28.9 Å². The zero-order chi connectivity index (χ0) is 18.9. The van der Waals surface area contributed by atoms with Crippen LogP contribution in [0, 0.1) is 0 Å². The average molecular weight is 381 g/mol. The molecule has 1 aliphatic heterocycles. The lowest BCUT2D eigenvalue weighted by Crippen LogP contribution is -2.36. The van der Waals surface area contributed by atoms with Gasteiger partial charge in [0.15, 0.2) is 5.17 Å². The Kier molecular flexibility index (Phi) is 7.48. The summed E-state index contributed by atoms with van der Waals surface area (Å²) in [6.45, 7) is 4.46.